The van der Waals surface area contributed by atoms with Gasteiger partial charge in [0.1, 0.15) is 11.5 Å². The van der Waals surface area contributed by atoms with Crippen LogP contribution in [0.5, 0.6) is 23.0 Å². The van der Waals surface area contributed by atoms with Gasteiger partial charge in [0.2, 0.25) is 6.23 Å². The van der Waals surface area contributed by atoms with Gasteiger partial charge in [0, 0.05) is 22.0 Å². The van der Waals surface area contributed by atoms with E-state index in [-0.39, 0.29) is 12.1 Å². The molecule has 206 valence electrons. The van der Waals surface area contributed by atoms with E-state index in [1.807, 2.05) is 50.2 Å². The maximum Gasteiger partial charge on any atom is 0.214 e. The second-order valence-electron chi connectivity index (χ2n) is 10.3. The van der Waals surface area contributed by atoms with Crippen LogP contribution in [0, 0.1) is 0 Å². The van der Waals surface area contributed by atoms with Gasteiger partial charge in [-0.25, -0.2) is 5.01 Å². The van der Waals surface area contributed by atoms with Crippen LogP contribution in [0.15, 0.2) is 70.2 Å². The Morgan fingerprint density at radius 1 is 1.00 bits per heavy atom. The number of hydrogen-bond acceptors (Lipinski definition) is 6. The summed E-state index contributed by atoms with van der Waals surface area (Å²) in [4.78, 5) is 0. The molecule has 2 aliphatic rings. The summed E-state index contributed by atoms with van der Waals surface area (Å²) in [7, 11) is 1.68. The maximum atomic E-state index is 6.58. The van der Waals surface area contributed by atoms with Crippen molar-refractivity contribution in [1.82, 2.24) is 5.01 Å². The number of unbranched alkanes of at least 4 members (excludes halogenated alkanes) is 3. The standard InChI is InChI=1S/C32H37BrN2O4/c1-5-6-7-8-17-37-30-15-11-23(18-31(30)36-4)32-35-28(26-19-24(33)12-16-29(26)39-32)20-27(34-35)22-9-13-25(14-10-22)38-21(2)3/h9-16,18-19,21,28,32H,5-8,17,20H2,1-4H3. The fourth-order valence-electron chi connectivity index (χ4n) is 5.12. The number of fused-ring (bicyclic) bond motifs is 3. The number of ether oxygens (including phenoxy) is 4. The first kappa shape index (κ1) is 27.4. The summed E-state index contributed by atoms with van der Waals surface area (Å²) in [6.07, 6.45) is 5.17. The van der Waals surface area contributed by atoms with Crippen LogP contribution in [0.4, 0.5) is 0 Å². The Morgan fingerprint density at radius 2 is 1.82 bits per heavy atom. The van der Waals surface area contributed by atoms with E-state index in [1.54, 1.807) is 7.11 Å². The average molecular weight is 594 g/mol. The maximum absolute atomic E-state index is 6.58. The van der Waals surface area contributed by atoms with E-state index in [1.165, 1.54) is 19.3 Å². The van der Waals surface area contributed by atoms with Crippen molar-refractivity contribution in [3.63, 3.8) is 0 Å². The molecule has 7 heteroatoms. The summed E-state index contributed by atoms with van der Waals surface area (Å²) in [5.74, 6) is 3.19. The van der Waals surface area contributed by atoms with Crippen molar-refractivity contribution in [2.45, 2.75) is 71.2 Å². The molecule has 0 saturated heterocycles. The van der Waals surface area contributed by atoms with Gasteiger partial charge in [-0.05, 0) is 86.5 Å². The van der Waals surface area contributed by atoms with Crippen LogP contribution in [0.1, 0.15) is 81.8 Å². The van der Waals surface area contributed by atoms with Crippen LogP contribution in [0.25, 0.3) is 0 Å². The Bertz CT molecular complexity index is 1310. The summed E-state index contributed by atoms with van der Waals surface area (Å²) in [6, 6.07) is 20.5. The number of hydrogen-bond donors (Lipinski definition) is 0. The van der Waals surface area contributed by atoms with Gasteiger partial charge in [0.25, 0.3) is 0 Å². The highest BCUT2D eigenvalue weighted by molar-refractivity contribution is 9.10. The Balaban J connectivity index is 1.43. The van der Waals surface area contributed by atoms with E-state index in [4.69, 9.17) is 24.0 Å². The van der Waals surface area contributed by atoms with E-state index < -0.39 is 6.23 Å². The molecule has 0 aromatic heterocycles. The predicted octanol–water partition coefficient (Wildman–Crippen LogP) is 8.45. The molecule has 2 atom stereocenters. The van der Waals surface area contributed by atoms with Crippen LogP contribution in [0.3, 0.4) is 0 Å². The van der Waals surface area contributed by atoms with E-state index in [9.17, 15) is 0 Å². The molecular formula is C32H37BrN2O4. The van der Waals surface area contributed by atoms with Crippen molar-refractivity contribution in [1.29, 1.82) is 0 Å². The van der Waals surface area contributed by atoms with Crippen LogP contribution < -0.4 is 18.9 Å². The molecule has 0 radical (unpaired) electrons. The third-order valence-electron chi connectivity index (χ3n) is 7.04. The molecule has 0 fully saturated rings. The lowest BCUT2D eigenvalue weighted by Gasteiger charge is -2.38. The van der Waals surface area contributed by atoms with E-state index in [2.05, 4.69) is 52.1 Å². The molecule has 0 N–H and O–H groups in total. The zero-order chi connectivity index (χ0) is 27.4. The minimum atomic E-state index is -0.391. The van der Waals surface area contributed by atoms with E-state index >= 15 is 0 Å². The molecule has 2 heterocycles. The number of methoxy groups -OCH3 is 1. The third-order valence-corrected chi connectivity index (χ3v) is 7.53. The number of benzene rings is 3. The number of nitrogens with zero attached hydrogens (tertiary/aromatic N) is 2. The lowest BCUT2D eigenvalue weighted by atomic mass is 9.96. The van der Waals surface area contributed by atoms with Gasteiger partial charge in [0.15, 0.2) is 11.5 Å². The molecule has 2 aliphatic heterocycles. The molecule has 39 heavy (non-hydrogen) atoms. The fourth-order valence-corrected chi connectivity index (χ4v) is 5.50. The fraction of sp³-hybridized carbons (Fsp3) is 0.406. The Morgan fingerprint density at radius 3 is 2.56 bits per heavy atom. The van der Waals surface area contributed by atoms with Crippen molar-refractivity contribution in [3.8, 4) is 23.0 Å². The first-order chi connectivity index (χ1) is 19.0. The first-order valence-corrected chi connectivity index (χ1v) is 14.7. The highest BCUT2D eigenvalue weighted by Crippen LogP contribution is 2.49. The van der Waals surface area contributed by atoms with Crippen molar-refractivity contribution in [2.75, 3.05) is 13.7 Å². The lowest BCUT2D eigenvalue weighted by molar-refractivity contribution is -0.0192. The SMILES string of the molecule is CCCCCCOc1ccc(C2Oc3ccc(Br)cc3C3CC(c4ccc(OC(C)C)cc4)=NN32)cc1OC. The summed E-state index contributed by atoms with van der Waals surface area (Å²) in [5.41, 5.74) is 4.20. The average Bonchev–Trinajstić information content (AvgIpc) is 3.39. The zero-order valence-corrected chi connectivity index (χ0v) is 24.7. The number of halogens is 1. The lowest BCUT2D eigenvalue weighted by Crippen LogP contribution is -2.33. The smallest absolute Gasteiger partial charge is 0.214 e. The Labute approximate surface area is 240 Å². The molecule has 6 nitrogen and oxygen atoms in total. The van der Waals surface area contributed by atoms with Gasteiger partial charge in [-0.2, -0.15) is 5.10 Å². The number of rotatable bonds is 11. The van der Waals surface area contributed by atoms with Crippen LogP contribution in [-0.2, 0) is 0 Å². The molecule has 5 rings (SSSR count). The first-order valence-electron chi connectivity index (χ1n) is 13.9. The summed E-state index contributed by atoms with van der Waals surface area (Å²) < 4.78 is 25.2. The van der Waals surface area contributed by atoms with Crippen molar-refractivity contribution in [3.05, 3.63) is 81.8 Å². The quantitative estimate of drug-likeness (QED) is 0.209. The molecule has 0 aliphatic carbocycles. The Hall–Kier alpha value is -3.19. The molecule has 0 saturated carbocycles. The topological polar surface area (TPSA) is 52.5 Å². The van der Waals surface area contributed by atoms with Gasteiger partial charge in [0.05, 0.1) is 31.6 Å². The van der Waals surface area contributed by atoms with Crippen molar-refractivity contribution < 1.29 is 18.9 Å². The highest BCUT2D eigenvalue weighted by Gasteiger charge is 2.41. The summed E-state index contributed by atoms with van der Waals surface area (Å²) in [6.45, 7) is 6.96. The normalized spacial score (nSPS) is 17.8. The zero-order valence-electron chi connectivity index (χ0n) is 23.2. The third kappa shape index (κ3) is 6.19. The van der Waals surface area contributed by atoms with Gasteiger partial charge >= 0.3 is 0 Å². The van der Waals surface area contributed by atoms with Crippen molar-refractivity contribution in [2.24, 2.45) is 5.10 Å². The number of hydrazone groups is 1. The molecule has 3 aromatic carbocycles. The minimum absolute atomic E-state index is 0.0540. The molecule has 2 unspecified atom stereocenters. The second-order valence-corrected chi connectivity index (χ2v) is 11.2. The van der Waals surface area contributed by atoms with Gasteiger partial charge < -0.3 is 18.9 Å². The van der Waals surface area contributed by atoms with Crippen LogP contribution >= 0.6 is 15.9 Å². The molecule has 0 spiro atoms. The van der Waals surface area contributed by atoms with E-state index in [0.29, 0.717) is 12.4 Å². The summed E-state index contributed by atoms with van der Waals surface area (Å²) >= 11 is 3.64. The molecular weight excluding hydrogens is 556 g/mol. The molecule has 0 bridgehead atoms. The van der Waals surface area contributed by atoms with Gasteiger partial charge in [-0.15, -0.1) is 0 Å². The van der Waals surface area contributed by atoms with Crippen molar-refractivity contribution >= 4 is 21.6 Å². The predicted molar refractivity (Wildman–Crippen MR) is 158 cm³/mol. The minimum Gasteiger partial charge on any atom is -0.493 e. The van der Waals surface area contributed by atoms with E-state index in [0.717, 1.165) is 57.0 Å². The largest absolute Gasteiger partial charge is 0.493 e. The Kier molecular flexibility index (Phi) is 8.66. The molecule has 3 aromatic rings. The molecule has 0 amide bonds. The monoisotopic (exact) mass is 592 g/mol. The van der Waals surface area contributed by atoms with Crippen LogP contribution in [-0.4, -0.2) is 30.5 Å². The van der Waals surface area contributed by atoms with Gasteiger partial charge in [-0.1, -0.05) is 42.1 Å². The highest BCUT2D eigenvalue weighted by atomic mass is 79.9. The van der Waals surface area contributed by atoms with Gasteiger partial charge in [-0.3, -0.25) is 0 Å². The summed E-state index contributed by atoms with van der Waals surface area (Å²) in [5, 5.41) is 7.20. The van der Waals surface area contributed by atoms with Crippen LogP contribution in [0.2, 0.25) is 0 Å². The second kappa shape index (κ2) is 12.3.